The van der Waals surface area contributed by atoms with Crippen LogP contribution >= 0.6 is 0 Å². The van der Waals surface area contributed by atoms with Gasteiger partial charge >= 0.3 is 8.80 Å². The highest BCUT2D eigenvalue weighted by Crippen LogP contribution is 2.23. The van der Waals surface area contributed by atoms with Crippen molar-refractivity contribution in [3.05, 3.63) is 71.5 Å². The topological polar surface area (TPSA) is 36.9 Å². The molecular formula is C21H30O4Si. The van der Waals surface area contributed by atoms with Crippen LogP contribution in [0.1, 0.15) is 37.8 Å². The molecule has 4 nitrogen and oxygen atoms in total. The first-order valence-electron chi connectivity index (χ1n) is 9.34. The Bertz CT molecular complexity index is 578. The number of allylic oxidation sites excluding steroid dienone is 4. The first kappa shape index (κ1) is 20.8. The van der Waals surface area contributed by atoms with Crippen LogP contribution in [0.4, 0.5) is 0 Å². The molecule has 0 heterocycles. The summed E-state index contributed by atoms with van der Waals surface area (Å²) >= 11 is 0. The lowest BCUT2D eigenvalue weighted by molar-refractivity contribution is 0.0836. The monoisotopic (exact) mass is 374 g/mol. The summed E-state index contributed by atoms with van der Waals surface area (Å²) < 4.78 is 23.1. The fourth-order valence-electron chi connectivity index (χ4n) is 2.80. The Morgan fingerprint density at radius 1 is 0.885 bits per heavy atom. The Labute approximate surface area is 158 Å². The Morgan fingerprint density at radius 3 is 2.00 bits per heavy atom. The summed E-state index contributed by atoms with van der Waals surface area (Å²) in [5.74, 6) is 0.404. The van der Waals surface area contributed by atoms with E-state index in [2.05, 4.69) is 48.6 Å². The predicted molar refractivity (Wildman–Crippen MR) is 107 cm³/mol. The summed E-state index contributed by atoms with van der Waals surface area (Å²) in [4.78, 5) is 0. The summed E-state index contributed by atoms with van der Waals surface area (Å²) in [5.41, 5.74) is 4.39. The third-order valence-corrected chi connectivity index (χ3v) is 6.67. The number of hydrogen-bond donors (Lipinski definition) is 0. The Kier molecular flexibility index (Phi) is 9.01. The summed E-state index contributed by atoms with van der Waals surface area (Å²) in [6.07, 6.45) is 10.5. The van der Waals surface area contributed by atoms with E-state index < -0.39 is 8.80 Å². The van der Waals surface area contributed by atoms with Gasteiger partial charge < -0.3 is 18.0 Å². The van der Waals surface area contributed by atoms with E-state index in [1.165, 1.54) is 5.56 Å². The molecule has 1 aromatic carbocycles. The number of hydrogen-bond acceptors (Lipinski definition) is 4. The third-order valence-electron chi connectivity index (χ3n) is 3.95. The van der Waals surface area contributed by atoms with Gasteiger partial charge in [-0.1, -0.05) is 54.6 Å². The van der Waals surface area contributed by atoms with Gasteiger partial charge in [0.15, 0.2) is 0 Å². The van der Waals surface area contributed by atoms with Crippen molar-refractivity contribution in [3.63, 3.8) is 0 Å². The highest BCUT2D eigenvalue weighted by atomic mass is 28.4. The van der Waals surface area contributed by atoms with Gasteiger partial charge in [-0.3, -0.25) is 0 Å². The molecule has 142 valence electrons. The van der Waals surface area contributed by atoms with E-state index >= 15 is 0 Å². The summed E-state index contributed by atoms with van der Waals surface area (Å²) in [6, 6.07) is 8.57. The van der Waals surface area contributed by atoms with Crippen LogP contribution in [-0.2, 0) is 24.6 Å². The number of benzene rings is 1. The predicted octanol–water partition coefficient (Wildman–Crippen LogP) is 4.56. The highest BCUT2D eigenvalue weighted by Gasteiger charge is 2.37. The first-order valence-corrected chi connectivity index (χ1v) is 11.1. The quantitative estimate of drug-likeness (QED) is 0.397. The second-order valence-corrected chi connectivity index (χ2v) is 8.26. The van der Waals surface area contributed by atoms with Gasteiger partial charge in [0.05, 0.1) is 13.2 Å². The zero-order valence-corrected chi connectivity index (χ0v) is 17.0. The van der Waals surface area contributed by atoms with E-state index in [1.807, 2.05) is 32.5 Å². The summed E-state index contributed by atoms with van der Waals surface area (Å²) in [5, 5.41) is 0. The van der Waals surface area contributed by atoms with Crippen LogP contribution in [0, 0.1) is 0 Å². The maximum atomic E-state index is 5.78. The lowest BCUT2D eigenvalue weighted by atomic mass is 10.00. The van der Waals surface area contributed by atoms with Gasteiger partial charge in [0.2, 0.25) is 0 Å². The third kappa shape index (κ3) is 6.34. The van der Waals surface area contributed by atoms with Gasteiger partial charge in [0, 0.05) is 25.7 Å². The van der Waals surface area contributed by atoms with Crippen molar-refractivity contribution in [3.8, 4) is 0 Å². The normalized spacial score (nSPS) is 14.7. The summed E-state index contributed by atoms with van der Waals surface area (Å²) in [6.45, 7) is 8.62. The van der Waals surface area contributed by atoms with Gasteiger partial charge in [-0.2, -0.15) is 0 Å². The Balaban J connectivity index is 1.81. The van der Waals surface area contributed by atoms with Gasteiger partial charge in [-0.15, -0.1) is 0 Å². The van der Waals surface area contributed by atoms with Gasteiger partial charge in [0.1, 0.15) is 0 Å². The molecule has 0 saturated carbocycles. The van der Waals surface area contributed by atoms with Crippen molar-refractivity contribution in [1.82, 2.24) is 0 Å². The zero-order valence-electron chi connectivity index (χ0n) is 16.0. The highest BCUT2D eigenvalue weighted by molar-refractivity contribution is 6.66. The molecule has 5 heteroatoms. The van der Waals surface area contributed by atoms with Crippen LogP contribution in [0.15, 0.2) is 60.3 Å². The van der Waals surface area contributed by atoms with Crippen molar-refractivity contribution in [2.24, 2.45) is 0 Å². The first-order chi connectivity index (χ1) is 12.7. The van der Waals surface area contributed by atoms with Crippen molar-refractivity contribution in [2.45, 2.75) is 33.3 Å². The molecule has 0 saturated heterocycles. The van der Waals surface area contributed by atoms with E-state index in [1.54, 1.807) is 0 Å². The molecule has 0 radical (unpaired) electrons. The van der Waals surface area contributed by atoms with Crippen LogP contribution in [0.3, 0.4) is 0 Å². The molecule has 1 aromatic rings. The van der Waals surface area contributed by atoms with Crippen molar-refractivity contribution >= 4 is 8.80 Å². The van der Waals surface area contributed by atoms with Gasteiger partial charge in [0.25, 0.3) is 0 Å². The van der Waals surface area contributed by atoms with Crippen molar-refractivity contribution in [1.29, 1.82) is 0 Å². The minimum absolute atomic E-state index is 0.404. The molecule has 0 unspecified atom stereocenters. The molecule has 0 fully saturated rings. The van der Waals surface area contributed by atoms with Crippen LogP contribution in [0.2, 0.25) is 0 Å². The molecule has 0 N–H and O–H groups in total. The molecular weight excluding hydrogens is 344 g/mol. The van der Waals surface area contributed by atoms with Crippen LogP contribution in [0.5, 0.6) is 0 Å². The lowest BCUT2D eigenvalue weighted by Gasteiger charge is -2.25. The molecule has 0 aromatic heterocycles. The average Bonchev–Trinajstić information content (AvgIpc) is 3.17. The minimum Gasteiger partial charge on any atom is -0.373 e. The van der Waals surface area contributed by atoms with Crippen LogP contribution in [-0.4, -0.2) is 35.2 Å². The Hall–Kier alpha value is -1.50. The zero-order chi connectivity index (χ0) is 18.7. The fraction of sp³-hybridized carbons (Fsp3) is 0.429. The smallest absolute Gasteiger partial charge is 0.373 e. The maximum Gasteiger partial charge on any atom is 0.529 e. The van der Waals surface area contributed by atoms with E-state index in [0.29, 0.717) is 39.0 Å². The van der Waals surface area contributed by atoms with E-state index in [4.69, 9.17) is 18.0 Å². The van der Waals surface area contributed by atoms with E-state index in [-0.39, 0.29) is 0 Å². The van der Waals surface area contributed by atoms with Crippen molar-refractivity contribution in [2.75, 3.05) is 26.4 Å². The van der Waals surface area contributed by atoms with Crippen LogP contribution < -0.4 is 0 Å². The SMILES string of the molecule is CCO[Si](/C=C\COCc1ccc(C2C=CC=C2)cc1)(OCC)OCC. The minimum atomic E-state index is -2.72. The molecule has 0 aliphatic heterocycles. The second-order valence-electron chi connectivity index (χ2n) is 5.86. The molecule has 0 spiro atoms. The molecule has 1 aliphatic rings. The van der Waals surface area contributed by atoms with Gasteiger partial charge in [-0.05, 0) is 37.6 Å². The Morgan fingerprint density at radius 2 is 1.46 bits per heavy atom. The number of ether oxygens (including phenoxy) is 1. The second kappa shape index (κ2) is 11.3. The summed E-state index contributed by atoms with van der Waals surface area (Å²) in [7, 11) is -2.72. The molecule has 0 atom stereocenters. The molecule has 2 rings (SSSR count). The number of rotatable bonds is 12. The fourth-order valence-corrected chi connectivity index (χ4v) is 4.93. The van der Waals surface area contributed by atoms with E-state index in [9.17, 15) is 0 Å². The standard InChI is InChI=1S/C21H30O4Si/c1-4-23-26(24-5-2,25-6-3)17-9-16-22-18-19-12-14-21(15-13-19)20-10-7-8-11-20/h7-15,17,20H,4-6,16,18H2,1-3H3/b17-9-. The largest absolute Gasteiger partial charge is 0.529 e. The lowest BCUT2D eigenvalue weighted by Crippen LogP contribution is -2.44. The molecule has 0 amide bonds. The van der Waals surface area contributed by atoms with Crippen molar-refractivity contribution < 1.29 is 18.0 Å². The van der Waals surface area contributed by atoms with E-state index in [0.717, 1.165) is 5.56 Å². The molecule has 26 heavy (non-hydrogen) atoms. The average molecular weight is 375 g/mol. The molecule has 1 aliphatic carbocycles. The molecule has 0 bridgehead atoms. The van der Waals surface area contributed by atoms with Crippen LogP contribution in [0.25, 0.3) is 0 Å². The maximum absolute atomic E-state index is 5.78. The van der Waals surface area contributed by atoms with Gasteiger partial charge in [-0.25, -0.2) is 0 Å².